The molecule has 0 fully saturated rings. The van der Waals surface area contributed by atoms with Crippen molar-refractivity contribution in [3.63, 3.8) is 0 Å². The molecule has 0 bridgehead atoms. The van der Waals surface area contributed by atoms with E-state index in [9.17, 15) is 18.0 Å². The first kappa shape index (κ1) is 10.7. The fourth-order valence-electron chi connectivity index (χ4n) is 0.272. The molecule has 1 atom stereocenters. The third-order valence-electron chi connectivity index (χ3n) is 0.676. The first-order valence-corrected chi connectivity index (χ1v) is 3.63. The Labute approximate surface area is 69.8 Å². The van der Waals surface area contributed by atoms with Gasteiger partial charge < -0.3 is 4.74 Å². The van der Waals surface area contributed by atoms with Gasteiger partial charge in [0.25, 0.3) is 0 Å². The van der Waals surface area contributed by atoms with E-state index in [2.05, 4.69) is 20.7 Å². The lowest BCUT2D eigenvalue weighted by Gasteiger charge is -2.07. The topological polar surface area (TPSA) is 26.3 Å². The zero-order valence-corrected chi connectivity index (χ0v) is 7.20. The zero-order chi connectivity index (χ0) is 9.07. The van der Waals surface area contributed by atoms with E-state index in [1.807, 2.05) is 0 Å². The van der Waals surface area contributed by atoms with E-state index in [4.69, 9.17) is 0 Å². The lowest BCUT2D eigenvalue weighted by molar-refractivity contribution is -0.199. The molecule has 0 aromatic rings. The quantitative estimate of drug-likeness (QED) is 0.539. The summed E-state index contributed by atoms with van der Waals surface area (Å²) < 4.78 is 38.1. The number of hydrogen-bond donors (Lipinski definition) is 0. The van der Waals surface area contributed by atoms with Gasteiger partial charge in [-0.1, -0.05) is 15.9 Å². The number of esters is 1. The minimum atomic E-state index is -4.89. The van der Waals surface area contributed by atoms with Crippen LogP contribution >= 0.6 is 15.9 Å². The molecule has 66 valence electrons. The zero-order valence-electron chi connectivity index (χ0n) is 5.61. The molecule has 0 aromatic heterocycles. The Kier molecular flexibility index (Phi) is 3.85. The normalized spacial score (nSPS) is 14.3. The Morgan fingerprint density at radius 1 is 1.64 bits per heavy atom. The van der Waals surface area contributed by atoms with Gasteiger partial charge in [-0.05, 0) is 6.92 Å². The Morgan fingerprint density at radius 2 is 2.09 bits per heavy atom. The largest absolute Gasteiger partial charge is 0.490 e. The number of carbonyl (C=O) groups is 1. The maximum absolute atomic E-state index is 11.4. The monoisotopic (exact) mass is 234 g/mol. The van der Waals surface area contributed by atoms with Crippen molar-refractivity contribution < 1.29 is 22.7 Å². The predicted molar refractivity (Wildman–Crippen MR) is 35.4 cm³/mol. The Balaban J connectivity index is 3.71. The van der Waals surface area contributed by atoms with Crippen LogP contribution < -0.4 is 0 Å². The van der Waals surface area contributed by atoms with Crippen molar-refractivity contribution in [2.45, 2.75) is 17.9 Å². The van der Waals surface area contributed by atoms with Gasteiger partial charge in [0.15, 0.2) is 0 Å². The minimum absolute atomic E-state index is 0.270. The molecule has 1 unspecified atom stereocenters. The van der Waals surface area contributed by atoms with Crippen molar-refractivity contribution in [3.05, 3.63) is 0 Å². The maximum atomic E-state index is 11.4. The van der Waals surface area contributed by atoms with Gasteiger partial charge in [0.1, 0.15) is 6.61 Å². The van der Waals surface area contributed by atoms with Crippen molar-refractivity contribution >= 4 is 21.9 Å². The minimum Gasteiger partial charge on any atom is -0.458 e. The van der Waals surface area contributed by atoms with Crippen molar-refractivity contribution in [2.24, 2.45) is 0 Å². The molecule has 2 nitrogen and oxygen atoms in total. The summed E-state index contributed by atoms with van der Waals surface area (Å²) in [5.41, 5.74) is 0. The third kappa shape index (κ3) is 5.06. The molecule has 0 amide bonds. The van der Waals surface area contributed by atoms with E-state index in [1.54, 1.807) is 6.92 Å². The Hall–Kier alpha value is -0.260. The van der Waals surface area contributed by atoms with E-state index in [1.165, 1.54) is 0 Å². The van der Waals surface area contributed by atoms with Crippen molar-refractivity contribution in [2.75, 3.05) is 6.61 Å². The van der Waals surface area contributed by atoms with Crippen LogP contribution in [0, 0.1) is 0 Å². The van der Waals surface area contributed by atoms with E-state index in [0.717, 1.165) is 0 Å². The second-order valence-electron chi connectivity index (χ2n) is 1.88. The molecule has 11 heavy (non-hydrogen) atoms. The summed E-state index contributed by atoms with van der Waals surface area (Å²) in [7, 11) is 0. The van der Waals surface area contributed by atoms with Gasteiger partial charge in [-0.2, -0.15) is 13.2 Å². The average molecular weight is 235 g/mol. The second kappa shape index (κ2) is 3.94. The molecule has 0 saturated carbocycles. The van der Waals surface area contributed by atoms with Crippen molar-refractivity contribution in [1.82, 2.24) is 0 Å². The lowest BCUT2D eigenvalue weighted by atomic mass is 10.5. The number of hydrogen-bond acceptors (Lipinski definition) is 2. The summed E-state index contributed by atoms with van der Waals surface area (Å²) >= 11 is 2.93. The smallest absolute Gasteiger partial charge is 0.458 e. The fraction of sp³-hybridized carbons (Fsp3) is 0.800. The van der Waals surface area contributed by atoms with E-state index in [-0.39, 0.29) is 11.4 Å². The maximum Gasteiger partial charge on any atom is 0.490 e. The van der Waals surface area contributed by atoms with Crippen LogP contribution in [0.4, 0.5) is 13.2 Å². The van der Waals surface area contributed by atoms with Crippen LogP contribution in [0.3, 0.4) is 0 Å². The number of ether oxygens (including phenoxy) is 1. The SMILES string of the molecule is CC(Br)COC(=O)C(F)(F)F. The third-order valence-corrected chi connectivity index (χ3v) is 0.940. The molecule has 0 radical (unpaired) electrons. The molecule has 0 spiro atoms. The summed E-state index contributed by atoms with van der Waals surface area (Å²) in [6.45, 7) is 1.29. The van der Waals surface area contributed by atoms with Crippen LogP contribution in [0.1, 0.15) is 6.92 Å². The van der Waals surface area contributed by atoms with Crippen LogP contribution in [-0.2, 0) is 9.53 Å². The van der Waals surface area contributed by atoms with Crippen LogP contribution in [-0.4, -0.2) is 23.6 Å². The highest BCUT2D eigenvalue weighted by Crippen LogP contribution is 2.16. The Morgan fingerprint density at radius 3 is 2.36 bits per heavy atom. The molecular weight excluding hydrogens is 229 g/mol. The summed E-state index contributed by atoms with van der Waals surface area (Å²) in [5, 5.41) is 0. The van der Waals surface area contributed by atoms with Crippen LogP contribution in [0.2, 0.25) is 0 Å². The van der Waals surface area contributed by atoms with Crippen molar-refractivity contribution in [3.8, 4) is 0 Å². The highest BCUT2D eigenvalue weighted by Gasteiger charge is 2.40. The average Bonchev–Trinajstić information content (AvgIpc) is 1.80. The van der Waals surface area contributed by atoms with E-state index < -0.39 is 12.1 Å². The molecule has 6 heteroatoms. The molecule has 0 aromatic carbocycles. The number of rotatable bonds is 2. The van der Waals surface area contributed by atoms with Gasteiger partial charge in [-0.3, -0.25) is 0 Å². The lowest BCUT2D eigenvalue weighted by Crippen LogP contribution is -2.27. The number of halogens is 4. The summed E-state index contributed by atoms with van der Waals surface area (Å²) in [6, 6.07) is 0. The fourth-order valence-corrected chi connectivity index (χ4v) is 0.405. The van der Waals surface area contributed by atoms with Gasteiger partial charge in [0.2, 0.25) is 0 Å². The van der Waals surface area contributed by atoms with Crippen LogP contribution in [0.25, 0.3) is 0 Å². The summed E-state index contributed by atoms with van der Waals surface area (Å²) in [6.07, 6.45) is -4.89. The highest BCUT2D eigenvalue weighted by atomic mass is 79.9. The Bertz CT molecular complexity index is 143. The number of carbonyl (C=O) groups excluding carboxylic acids is 1. The summed E-state index contributed by atoms with van der Waals surface area (Å²) in [5.74, 6) is -2.15. The van der Waals surface area contributed by atoms with Gasteiger partial charge in [0.05, 0.1) is 0 Å². The predicted octanol–water partition coefficient (Wildman–Crippen LogP) is 1.88. The molecule has 0 aliphatic carbocycles. The van der Waals surface area contributed by atoms with Gasteiger partial charge in [0, 0.05) is 4.83 Å². The van der Waals surface area contributed by atoms with E-state index in [0.29, 0.717) is 0 Å². The molecule has 0 saturated heterocycles. The second-order valence-corrected chi connectivity index (χ2v) is 3.44. The summed E-state index contributed by atoms with van der Waals surface area (Å²) in [4.78, 5) is 9.73. The highest BCUT2D eigenvalue weighted by molar-refractivity contribution is 9.09. The van der Waals surface area contributed by atoms with Gasteiger partial charge in [-0.15, -0.1) is 0 Å². The number of alkyl halides is 4. The molecule has 0 heterocycles. The first-order valence-electron chi connectivity index (χ1n) is 2.72. The van der Waals surface area contributed by atoms with E-state index >= 15 is 0 Å². The molecule has 0 aliphatic heterocycles. The molecule has 0 aliphatic rings. The molecule has 0 rings (SSSR count). The van der Waals surface area contributed by atoms with Crippen LogP contribution in [0.15, 0.2) is 0 Å². The molecular formula is C5H6BrF3O2. The first-order chi connectivity index (χ1) is 4.84. The van der Waals surface area contributed by atoms with Crippen molar-refractivity contribution in [1.29, 1.82) is 0 Å². The van der Waals surface area contributed by atoms with Gasteiger partial charge >= 0.3 is 12.1 Å². The van der Waals surface area contributed by atoms with Gasteiger partial charge in [-0.25, -0.2) is 4.79 Å². The standard InChI is InChI=1S/C5H6BrF3O2/c1-3(6)2-11-4(10)5(7,8)9/h3H,2H2,1H3. The van der Waals surface area contributed by atoms with Crippen LogP contribution in [0.5, 0.6) is 0 Å². The molecule has 0 N–H and O–H groups in total.